The molecule has 1 saturated heterocycles. The first kappa shape index (κ1) is 11.4. The van der Waals surface area contributed by atoms with E-state index in [4.69, 9.17) is 0 Å². The maximum Gasteiger partial charge on any atom is 0.158 e. The number of hydrogen-bond donors (Lipinski definition) is 2. The van der Waals surface area contributed by atoms with Crippen LogP contribution in [0, 0.1) is 0 Å². The van der Waals surface area contributed by atoms with Crippen LogP contribution >= 0.6 is 0 Å². The van der Waals surface area contributed by atoms with Crippen molar-refractivity contribution in [1.29, 1.82) is 0 Å². The molecule has 4 nitrogen and oxygen atoms in total. The number of benzene rings is 1. The molecule has 0 aliphatic carbocycles. The SMILES string of the molecule is O=S(=O)(Cc1ccccc1O)C1CCNC1. The van der Waals surface area contributed by atoms with Gasteiger partial charge in [-0.25, -0.2) is 8.42 Å². The lowest BCUT2D eigenvalue weighted by Crippen LogP contribution is -2.25. The molecule has 0 bridgehead atoms. The Morgan fingerprint density at radius 3 is 2.75 bits per heavy atom. The van der Waals surface area contributed by atoms with E-state index in [0.29, 0.717) is 18.5 Å². The zero-order valence-corrected chi connectivity index (χ0v) is 9.70. The highest BCUT2D eigenvalue weighted by Crippen LogP contribution is 2.22. The summed E-state index contributed by atoms with van der Waals surface area (Å²) in [4.78, 5) is 0. The van der Waals surface area contributed by atoms with Crippen molar-refractivity contribution in [3.05, 3.63) is 29.8 Å². The molecule has 0 aromatic heterocycles. The summed E-state index contributed by atoms with van der Waals surface area (Å²) in [5, 5.41) is 12.3. The van der Waals surface area contributed by atoms with Gasteiger partial charge in [-0.2, -0.15) is 0 Å². The molecule has 1 aromatic rings. The largest absolute Gasteiger partial charge is 0.508 e. The third kappa shape index (κ3) is 2.36. The second kappa shape index (κ2) is 4.43. The number of hydrogen-bond acceptors (Lipinski definition) is 4. The molecule has 16 heavy (non-hydrogen) atoms. The van der Waals surface area contributed by atoms with Crippen LogP contribution in [0.15, 0.2) is 24.3 Å². The van der Waals surface area contributed by atoms with Crippen molar-refractivity contribution in [2.45, 2.75) is 17.4 Å². The molecular formula is C11H15NO3S. The molecule has 0 amide bonds. The van der Waals surface area contributed by atoms with Gasteiger partial charge in [0, 0.05) is 12.1 Å². The van der Waals surface area contributed by atoms with Crippen molar-refractivity contribution in [1.82, 2.24) is 5.32 Å². The Morgan fingerprint density at radius 1 is 1.38 bits per heavy atom. The van der Waals surface area contributed by atoms with Crippen LogP contribution in [0.3, 0.4) is 0 Å². The molecular weight excluding hydrogens is 226 g/mol. The number of sulfone groups is 1. The first-order valence-corrected chi connectivity index (χ1v) is 7.00. The van der Waals surface area contributed by atoms with Crippen LogP contribution in [0.4, 0.5) is 0 Å². The molecule has 2 rings (SSSR count). The van der Waals surface area contributed by atoms with Crippen molar-refractivity contribution in [3.8, 4) is 5.75 Å². The minimum Gasteiger partial charge on any atom is -0.508 e. The number of para-hydroxylation sites is 1. The zero-order valence-electron chi connectivity index (χ0n) is 8.89. The van der Waals surface area contributed by atoms with Crippen LogP contribution in [0.25, 0.3) is 0 Å². The molecule has 1 aliphatic heterocycles. The van der Waals surface area contributed by atoms with E-state index in [2.05, 4.69) is 5.32 Å². The van der Waals surface area contributed by atoms with Gasteiger partial charge in [0.15, 0.2) is 9.84 Å². The van der Waals surface area contributed by atoms with Crippen molar-refractivity contribution < 1.29 is 13.5 Å². The molecule has 2 N–H and O–H groups in total. The number of phenolic OH excluding ortho intramolecular Hbond substituents is 1. The summed E-state index contributed by atoms with van der Waals surface area (Å²) in [6.45, 7) is 1.28. The van der Waals surface area contributed by atoms with Gasteiger partial charge in [-0.15, -0.1) is 0 Å². The Morgan fingerprint density at radius 2 is 2.12 bits per heavy atom. The highest BCUT2D eigenvalue weighted by atomic mass is 32.2. The van der Waals surface area contributed by atoms with Crippen molar-refractivity contribution in [2.24, 2.45) is 0 Å². The Kier molecular flexibility index (Phi) is 3.16. The standard InChI is InChI=1S/C11H15NO3S/c13-11-4-2-1-3-9(11)8-16(14,15)10-5-6-12-7-10/h1-4,10,12-13H,5-8H2. The molecule has 1 heterocycles. The van der Waals surface area contributed by atoms with Crippen molar-refractivity contribution in [2.75, 3.05) is 13.1 Å². The highest BCUT2D eigenvalue weighted by Gasteiger charge is 2.29. The monoisotopic (exact) mass is 241 g/mol. The van der Waals surface area contributed by atoms with E-state index in [-0.39, 0.29) is 16.8 Å². The van der Waals surface area contributed by atoms with Gasteiger partial charge in [0.25, 0.3) is 0 Å². The molecule has 5 heteroatoms. The summed E-state index contributed by atoms with van der Waals surface area (Å²) in [6, 6.07) is 6.58. The number of rotatable bonds is 3. The first-order chi connectivity index (χ1) is 7.59. The minimum atomic E-state index is -3.16. The molecule has 1 fully saturated rings. The quantitative estimate of drug-likeness (QED) is 0.816. The Bertz CT molecular complexity index is 464. The summed E-state index contributed by atoms with van der Waals surface area (Å²) in [5.74, 6) is -0.0246. The van der Waals surface area contributed by atoms with Gasteiger partial charge in [0.1, 0.15) is 5.75 Å². The molecule has 1 unspecified atom stereocenters. The molecule has 1 atom stereocenters. The fourth-order valence-corrected chi connectivity index (χ4v) is 3.66. The minimum absolute atomic E-state index is 0.0528. The molecule has 1 aromatic carbocycles. The van der Waals surface area contributed by atoms with Crippen LogP contribution < -0.4 is 5.32 Å². The third-order valence-electron chi connectivity index (χ3n) is 2.87. The maximum atomic E-state index is 12.0. The number of nitrogens with one attached hydrogen (secondary N) is 1. The predicted molar refractivity (Wildman–Crippen MR) is 62.0 cm³/mol. The van der Waals surface area contributed by atoms with Crippen LogP contribution in [0.1, 0.15) is 12.0 Å². The maximum absolute atomic E-state index is 12.0. The van der Waals surface area contributed by atoms with Crippen LogP contribution in [-0.4, -0.2) is 31.9 Å². The van der Waals surface area contributed by atoms with E-state index in [9.17, 15) is 13.5 Å². The average Bonchev–Trinajstić information content (AvgIpc) is 2.75. The van der Waals surface area contributed by atoms with Crippen molar-refractivity contribution >= 4 is 9.84 Å². The van der Waals surface area contributed by atoms with Gasteiger partial charge in [-0.3, -0.25) is 0 Å². The molecule has 0 radical (unpaired) electrons. The molecule has 1 aliphatic rings. The number of phenols is 1. The molecule has 0 spiro atoms. The fraction of sp³-hybridized carbons (Fsp3) is 0.455. The van der Waals surface area contributed by atoms with E-state index >= 15 is 0 Å². The average molecular weight is 241 g/mol. The Hall–Kier alpha value is -1.07. The molecule has 0 saturated carbocycles. The van der Waals surface area contributed by atoms with Gasteiger partial charge in [-0.1, -0.05) is 18.2 Å². The summed E-state index contributed by atoms with van der Waals surface area (Å²) in [6.07, 6.45) is 0.663. The number of aromatic hydroxyl groups is 1. The predicted octanol–water partition coefficient (Wildman–Crippen LogP) is 0.669. The Labute approximate surface area is 95.2 Å². The zero-order chi connectivity index (χ0) is 11.6. The van der Waals surface area contributed by atoms with Gasteiger partial charge >= 0.3 is 0 Å². The molecule has 88 valence electrons. The second-order valence-electron chi connectivity index (χ2n) is 4.05. The van der Waals surface area contributed by atoms with Crippen molar-refractivity contribution in [3.63, 3.8) is 0 Å². The van der Waals surface area contributed by atoms with E-state index in [0.717, 1.165) is 6.54 Å². The smallest absolute Gasteiger partial charge is 0.158 e. The summed E-state index contributed by atoms with van der Waals surface area (Å²) in [7, 11) is -3.16. The van der Waals surface area contributed by atoms with Crippen LogP contribution in [0.5, 0.6) is 5.75 Å². The van der Waals surface area contributed by atoms with Gasteiger partial charge in [0.05, 0.1) is 11.0 Å². The summed E-state index contributed by atoms with van der Waals surface area (Å²) >= 11 is 0. The normalized spacial score (nSPS) is 21.1. The van der Waals surface area contributed by atoms with E-state index in [1.807, 2.05) is 0 Å². The second-order valence-corrected chi connectivity index (χ2v) is 6.33. The fourth-order valence-electron chi connectivity index (χ4n) is 1.90. The van der Waals surface area contributed by atoms with Gasteiger partial charge < -0.3 is 10.4 Å². The topological polar surface area (TPSA) is 66.4 Å². The van der Waals surface area contributed by atoms with Crippen LogP contribution in [-0.2, 0) is 15.6 Å². The van der Waals surface area contributed by atoms with Gasteiger partial charge in [0.2, 0.25) is 0 Å². The van der Waals surface area contributed by atoms with Crippen LogP contribution in [0.2, 0.25) is 0 Å². The summed E-state index contributed by atoms with van der Waals surface area (Å²) in [5.41, 5.74) is 0.481. The highest BCUT2D eigenvalue weighted by molar-refractivity contribution is 7.91. The van der Waals surface area contributed by atoms with E-state index < -0.39 is 9.84 Å². The van der Waals surface area contributed by atoms with Gasteiger partial charge in [-0.05, 0) is 19.0 Å². The lowest BCUT2D eigenvalue weighted by atomic mass is 10.2. The summed E-state index contributed by atoms with van der Waals surface area (Å²) < 4.78 is 24.0. The lowest BCUT2D eigenvalue weighted by Gasteiger charge is -2.11. The Balaban J connectivity index is 2.18. The van der Waals surface area contributed by atoms with E-state index in [1.54, 1.807) is 18.2 Å². The van der Waals surface area contributed by atoms with E-state index in [1.165, 1.54) is 6.07 Å². The lowest BCUT2D eigenvalue weighted by molar-refractivity contribution is 0.469. The first-order valence-electron chi connectivity index (χ1n) is 5.29. The third-order valence-corrected chi connectivity index (χ3v) is 5.00.